The van der Waals surface area contributed by atoms with Crippen LogP contribution in [0.1, 0.15) is 58.8 Å². The van der Waals surface area contributed by atoms with Crippen molar-refractivity contribution in [1.29, 1.82) is 5.26 Å². The van der Waals surface area contributed by atoms with Gasteiger partial charge < -0.3 is 5.11 Å². The predicted molar refractivity (Wildman–Crippen MR) is 70.6 cm³/mol. The first-order valence-corrected chi connectivity index (χ1v) is 7.65. The van der Waals surface area contributed by atoms with Crippen LogP contribution in [0.3, 0.4) is 0 Å². The predicted octanol–water partition coefficient (Wildman–Crippen LogP) is 3.50. The van der Waals surface area contributed by atoms with Gasteiger partial charge in [0.2, 0.25) is 0 Å². The van der Waals surface area contributed by atoms with E-state index in [1.54, 1.807) is 0 Å². The monoisotopic (exact) mass is 247 g/mol. The molecule has 2 bridgehead atoms. The van der Waals surface area contributed by atoms with Crippen molar-refractivity contribution in [3.63, 3.8) is 0 Å². The molecule has 3 rings (SSSR count). The summed E-state index contributed by atoms with van der Waals surface area (Å²) in [6, 6.07) is 2.61. The standard InChI is InChI=1S/C16H25NO/c1-11-5-6-16(18,12(2)7-11)15(10-17)9-13-3-4-14(15)8-13/h11-14,18H,3-9H2,1-2H3. The normalized spacial score (nSPS) is 55.4. The summed E-state index contributed by atoms with van der Waals surface area (Å²) in [6.45, 7) is 4.44. The molecule has 0 aliphatic heterocycles. The zero-order chi connectivity index (χ0) is 13.0. The maximum atomic E-state index is 11.3. The van der Waals surface area contributed by atoms with Crippen molar-refractivity contribution >= 4 is 0 Å². The number of nitriles is 1. The van der Waals surface area contributed by atoms with E-state index >= 15 is 0 Å². The van der Waals surface area contributed by atoms with Gasteiger partial charge in [-0.1, -0.05) is 20.3 Å². The molecule has 0 radical (unpaired) electrons. The van der Waals surface area contributed by atoms with Crippen LogP contribution in [0.4, 0.5) is 0 Å². The van der Waals surface area contributed by atoms with Crippen LogP contribution in [0.2, 0.25) is 0 Å². The van der Waals surface area contributed by atoms with Crippen molar-refractivity contribution in [3.05, 3.63) is 0 Å². The van der Waals surface area contributed by atoms with E-state index in [-0.39, 0.29) is 5.92 Å². The van der Waals surface area contributed by atoms with E-state index in [4.69, 9.17) is 0 Å². The third kappa shape index (κ3) is 1.43. The minimum Gasteiger partial charge on any atom is -0.388 e. The lowest BCUT2D eigenvalue weighted by molar-refractivity contribution is -0.146. The summed E-state index contributed by atoms with van der Waals surface area (Å²) in [6.07, 6.45) is 7.62. The SMILES string of the molecule is CC1CCC(O)(C2(C#N)CC3CCC2C3)C(C)C1. The van der Waals surface area contributed by atoms with Crippen LogP contribution in [-0.4, -0.2) is 10.7 Å². The summed E-state index contributed by atoms with van der Waals surface area (Å²) >= 11 is 0. The largest absolute Gasteiger partial charge is 0.388 e. The highest BCUT2D eigenvalue weighted by atomic mass is 16.3. The number of rotatable bonds is 1. The molecule has 0 amide bonds. The van der Waals surface area contributed by atoms with E-state index in [9.17, 15) is 10.4 Å². The molecule has 3 fully saturated rings. The third-order valence-corrected chi connectivity index (χ3v) is 6.41. The fraction of sp³-hybridized carbons (Fsp3) is 0.938. The maximum absolute atomic E-state index is 11.3. The second kappa shape index (κ2) is 3.97. The van der Waals surface area contributed by atoms with Gasteiger partial charge in [0.25, 0.3) is 0 Å². The lowest BCUT2D eigenvalue weighted by Crippen LogP contribution is -2.56. The summed E-state index contributed by atoms with van der Waals surface area (Å²) in [4.78, 5) is 0. The molecular weight excluding hydrogens is 222 g/mol. The number of hydrogen-bond donors (Lipinski definition) is 1. The zero-order valence-corrected chi connectivity index (χ0v) is 11.7. The second-order valence-electron chi connectivity index (χ2n) is 7.37. The van der Waals surface area contributed by atoms with Gasteiger partial charge in [0.15, 0.2) is 0 Å². The van der Waals surface area contributed by atoms with Crippen molar-refractivity contribution in [2.75, 3.05) is 0 Å². The first kappa shape index (κ1) is 12.5. The minimum atomic E-state index is -0.714. The summed E-state index contributed by atoms with van der Waals surface area (Å²) < 4.78 is 0. The Balaban J connectivity index is 1.94. The Labute approximate surface area is 110 Å². The number of hydrogen-bond acceptors (Lipinski definition) is 2. The van der Waals surface area contributed by atoms with Gasteiger partial charge in [-0.15, -0.1) is 0 Å². The molecule has 6 unspecified atom stereocenters. The molecule has 0 aromatic rings. The number of nitrogens with zero attached hydrogens (tertiary/aromatic N) is 1. The van der Waals surface area contributed by atoms with Crippen LogP contribution in [0.25, 0.3) is 0 Å². The smallest absolute Gasteiger partial charge is 0.0893 e. The lowest BCUT2D eigenvalue weighted by atomic mass is 9.54. The van der Waals surface area contributed by atoms with Crippen LogP contribution in [0.15, 0.2) is 0 Å². The van der Waals surface area contributed by atoms with E-state index in [1.165, 1.54) is 19.3 Å². The highest BCUT2D eigenvalue weighted by molar-refractivity contribution is 5.21. The van der Waals surface area contributed by atoms with Gasteiger partial charge in [-0.05, 0) is 62.2 Å². The Bertz CT molecular complexity index is 387. The van der Waals surface area contributed by atoms with Crippen molar-refractivity contribution < 1.29 is 5.11 Å². The van der Waals surface area contributed by atoms with Crippen LogP contribution in [0, 0.1) is 40.4 Å². The molecular formula is C16H25NO. The Kier molecular flexibility index (Phi) is 2.75. The summed E-state index contributed by atoms with van der Waals surface area (Å²) in [5.74, 6) is 2.16. The second-order valence-corrected chi connectivity index (χ2v) is 7.37. The molecule has 0 heterocycles. The molecule has 0 aromatic heterocycles. The fourth-order valence-corrected chi connectivity index (χ4v) is 5.39. The molecule has 100 valence electrons. The fourth-order valence-electron chi connectivity index (χ4n) is 5.39. The van der Waals surface area contributed by atoms with Crippen LogP contribution >= 0.6 is 0 Å². The van der Waals surface area contributed by atoms with Gasteiger partial charge in [0.05, 0.1) is 17.1 Å². The highest BCUT2D eigenvalue weighted by Crippen LogP contribution is 2.64. The first-order valence-electron chi connectivity index (χ1n) is 7.65. The quantitative estimate of drug-likeness (QED) is 0.770. The van der Waals surface area contributed by atoms with E-state index in [0.717, 1.165) is 25.7 Å². The topological polar surface area (TPSA) is 44.0 Å². The average Bonchev–Trinajstić information content (AvgIpc) is 2.95. The number of fused-ring (bicyclic) bond motifs is 2. The molecule has 18 heavy (non-hydrogen) atoms. The Morgan fingerprint density at radius 3 is 2.44 bits per heavy atom. The van der Waals surface area contributed by atoms with Gasteiger partial charge in [-0.25, -0.2) is 0 Å². The molecule has 0 aromatic carbocycles. The van der Waals surface area contributed by atoms with Gasteiger partial charge in [0.1, 0.15) is 0 Å². The van der Waals surface area contributed by atoms with Crippen LogP contribution in [-0.2, 0) is 0 Å². The Hall–Kier alpha value is -0.550. The third-order valence-electron chi connectivity index (χ3n) is 6.41. The molecule has 2 nitrogen and oxygen atoms in total. The molecule has 6 atom stereocenters. The zero-order valence-electron chi connectivity index (χ0n) is 11.7. The molecule has 3 aliphatic carbocycles. The average molecular weight is 247 g/mol. The van der Waals surface area contributed by atoms with Gasteiger partial charge in [-0.2, -0.15) is 5.26 Å². The van der Waals surface area contributed by atoms with Crippen molar-refractivity contribution in [1.82, 2.24) is 0 Å². The van der Waals surface area contributed by atoms with Crippen LogP contribution < -0.4 is 0 Å². The Morgan fingerprint density at radius 1 is 1.17 bits per heavy atom. The first-order chi connectivity index (χ1) is 8.52. The Morgan fingerprint density at radius 2 is 1.94 bits per heavy atom. The highest BCUT2D eigenvalue weighted by Gasteiger charge is 2.64. The van der Waals surface area contributed by atoms with E-state index in [2.05, 4.69) is 19.9 Å². The molecule has 3 saturated carbocycles. The van der Waals surface area contributed by atoms with E-state index < -0.39 is 11.0 Å². The summed E-state index contributed by atoms with van der Waals surface area (Å²) in [7, 11) is 0. The minimum absolute atomic E-state index is 0.278. The van der Waals surface area contributed by atoms with Gasteiger partial charge in [0, 0.05) is 0 Å². The maximum Gasteiger partial charge on any atom is 0.0893 e. The summed E-state index contributed by atoms with van der Waals surface area (Å²) in [5.41, 5.74) is -1.14. The van der Waals surface area contributed by atoms with Crippen molar-refractivity contribution in [2.45, 2.75) is 64.4 Å². The van der Waals surface area contributed by atoms with Crippen molar-refractivity contribution in [3.8, 4) is 6.07 Å². The summed E-state index contributed by atoms with van der Waals surface area (Å²) in [5, 5.41) is 21.1. The van der Waals surface area contributed by atoms with E-state index in [0.29, 0.717) is 17.8 Å². The van der Waals surface area contributed by atoms with Gasteiger partial charge in [-0.3, -0.25) is 0 Å². The lowest BCUT2D eigenvalue weighted by Gasteiger charge is -2.52. The molecule has 2 heteroatoms. The van der Waals surface area contributed by atoms with E-state index in [1.807, 2.05) is 0 Å². The molecule has 1 N–H and O–H groups in total. The number of aliphatic hydroxyl groups is 1. The van der Waals surface area contributed by atoms with Crippen LogP contribution in [0.5, 0.6) is 0 Å². The molecule has 0 spiro atoms. The molecule has 0 saturated heterocycles. The van der Waals surface area contributed by atoms with Gasteiger partial charge >= 0.3 is 0 Å². The van der Waals surface area contributed by atoms with Crippen molar-refractivity contribution in [2.24, 2.45) is 29.1 Å². The molecule has 3 aliphatic rings.